The highest BCUT2D eigenvalue weighted by Crippen LogP contribution is 2.08. The number of hydrogen-bond donors (Lipinski definition) is 1. The SMILES string of the molecule is CCCCCCCCCC(=O)OC(C)O. The summed E-state index contributed by atoms with van der Waals surface area (Å²) >= 11 is 0. The zero-order valence-electron chi connectivity index (χ0n) is 10.00. The Morgan fingerprint density at radius 3 is 2.20 bits per heavy atom. The van der Waals surface area contributed by atoms with Crippen LogP contribution in [0.5, 0.6) is 0 Å². The lowest BCUT2D eigenvalue weighted by Crippen LogP contribution is -2.13. The summed E-state index contributed by atoms with van der Waals surface area (Å²) in [7, 11) is 0. The molecule has 0 rings (SSSR count). The van der Waals surface area contributed by atoms with Gasteiger partial charge in [0, 0.05) is 6.42 Å². The summed E-state index contributed by atoms with van der Waals surface area (Å²) in [6, 6.07) is 0. The molecule has 0 spiro atoms. The van der Waals surface area contributed by atoms with E-state index in [1.807, 2.05) is 0 Å². The van der Waals surface area contributed by atoms with Crippen LogP contribution in [0.2, 0.25) is 0 Å². The second-order valence-corrected chi connectivity index (χ2v) is 3.96. The van der Waals surface area contributed by atoms with E-state index in [2.05, 4.69) is 11.7 Å². The van der Waals surface area contributed by atoms with Crippen molar-refractivity contribution in [3.63, 3.8) is 0 Å². The molecule has 0 fully saturated rings. The van der Waals surface area contributed by atoms with Gasteiger partial charge in [-0.2, -0.15) is 0 Å². The van der Waals surface area contributed by atoms with Crippen LogP contribution < -0.4 is 0 Å². The third kappa shape index (κ3) is 11.4. The quantitative estimate of drug-likeness (QED) is 0.366. The van der Waals surface area contributed by atoms with Gasteiger partial charge in [-0.3, -0.25) is 4.79 Å². The number of carbonyl (C=O) groups excluding carboxylic acids is 1. The molecule has 1 N–H and O–H groups in total. The maximum atomic E-state index is 11.0. The summed E-state index contributed by atoms with van der Waals surface area (Å²) in [6.45, 7) is 3.65. The third-order valence-corrected chi connectivity index (χ3v) is 2.29. The Morgan fingerprint density at radius 2 is 1.67 bits per heavy atom. The summed E-state index contributed by atoms with van der Waals surface area (Å²) in [5, 5.41) is 8.78. The summed E-state index contributed by atoms with van der Waals surface area (Å²) in [5.41, 5.74) is 0. The smallest absolute Gasteiger partial charge is 0.308 e. The van der Waals surface area contributed by atoms with Gasteiger partial charge >= 0.3 is 5.97 Å². The highest BCUT2D eigenvalue weighted by Gasteiger charge is 2.05. The van der Waals surface area contributed by atoms with E-state index in [1.54, 1.807) is 0 Å². The van der Waals surface area contributed by atoms with Gasteiger partial charge in [-0.05, 0) is 13.3 Å². The van der Waals surface area contributed by atoms with Crippen molar-refractivity contribution >= 4 is 5.97 Å². The van der Waals surface area contributed by atoms with E-state index in [4.69, 9.17) is 5.11 Å². The number of carbonyl (C=O) groups is 1. The fraction of sp³-hybridized carbons (Fsp3) is 0.917. The molecule has 0 aromatic heterocycles. The molecule has 1 unspecified atom stereocenters. The molecule has 0 heterocycles. The molecular weight excluding hydrogens is 192 g/mol. The van der Waals surface area contributed by atoms with Crippen molar-refractivity contribution in [2.45, 2.75) is 71.5 Å². The molecule has 0 aliphatic rings. The molecule has 1 atom stereocenters. The topological polar surface area (TPSA) is 46.5 Å². The van der Waals surface area contributed by atoms with Crippen LogP contribution in [0.25, 0.3) is 0 Å². The number of aliphatic hydroxyl groups is 1. The lowest BCUT2D eigenvalue weighted by Gasteiger charge is -2.06. The number of unbranched alkanes of at least 4 members (excludes halogenated alkanes) is 6. The second-order valence-electron chi connectivity index (χ2n) is 3.96. The molecule has 90 valence electrons. The first-order valence-corrected chi connectivity index (χ1v) is 6.04. The molecule has 0 amide bonds. The molecule has 0 saturated heterocycles. The highest BCUT2D eigenvalue weighted by molar-refractivity contribution is 5.69. The fourth-order valence-electron chi connectivity index (χ4n) is 1.48. The monoisotopic (exact) mass is 216 g/mol. The van der Waals surface area contributed by atoms with Crippen LogP contribution in [0, 0.1) is 0 Å². The van der Waals surface area contributed by atoms with Gasteiger partial charge in [0.1, 0.15) is 0 Å². The molecule has 0 radical (unpaired) electrons. The lowest BCUT2D eigenvalue weighted by atomic mass is 10.1. The van der Waals surface area contributed by atoms with Crippen molar-refractivity contribution in [2.24, 2.45) is 0 Å². The van der Waals surface area contributed by atoms with Crippen molar-refractivity contribution in [3.8, 4) is 0 Å². The van der Waals surface area contributed by atoms with Crippen LogP contribution in [-0.4, -0.2) is 17.4 Å². The first-order valence-electron chi connectivity index (χ1n) is 6.04. The Hall–Kier alpha value is -0.570. The number of rotatable bonds is 9. The Bertz CT molecular complexity index is 155. The molecule has 3 heteroatoms. The normalized spacial score (nSPS) is 12.5. The predicted octanol–water partition coefficient (Wildman–Crippen LogP) is 3.01. The van der Waals surface area contributed by atoms with Crippen molar-refractivity contribution in [2.75, 3.05) is 0 Å². The Labute approximate surface area is 92.8 Å². The maximum Gasteiger partial charge on any atom is 0.308 e. The van der Waals surface area contributed by atoms with Gasteiger partial charge in [0.2, 0.25) is 0 Å². The van der Waals surface area contributed by atoms with E-state index in [-0.39, 0.29) is 5.97 Å². The van der Waals surface area contributed by atoms with Gasteiger partial charge in [0.15, 0.2) is 6.29 Å². The summed E-state index contributed by atoms with van der Waals surface area (Å²) < 4.78 is 4.61. The molecule has 0 aliphatic carbocycles. The first-order chi connectivity index (χ1) is 7.16. The van der Waals surface area contributed by atoms with Crippen molar-refractivity contribution < 1.29 is 14.6 Å². The Kier molecular flexibility index (Phi) is 9.59. The standard InChI is InChI=1S/C12H24O3/c1-3-4-5-6-7-8-9-10-12(14)15-11(2)13/h11,13H,3-10H2,1-2H3. The first kappa shape index (κ1) is 14.4. The minimum absolute atomic E-state index is 0.293. The fourth-order valence-corrected chi connectivity index (χ4v) is 1.48. The van der Waals surface area contributed by atoms with Gasteiger partial charge in [-0.25, -0.2) is 0 Å². The highest BCUT2D eigenvalue weighted by atomic mass is 16.6. The van der Waals surface area contributed by atoms with Crippen molar-refractivity contribution in [1.29, 1.82) is 0 Å². The van der Waals surface area contributed by atoms with E-state index < -0.39 is 6.29 Å². The number of hydrogen-bond acceptors (Lipinski definition) is 3. The van der Waals surface area contributed by atoms with Crippen LogP contribution in [-0.2, 0) is 9.53 Å². The minimum Gasteiger partial charge on any atom is -0.436 e. The summed E-state index contributed by atoms with van der Waals surface area (Å²) in [4.78, 5) is 11.0. The third-order valence-electron chi connectivity index (χ3n) is 2.29. The largest absolute Gasteiger partial charge is 0.436 e. The Balaban J connectivity index is 3.13. The lowest BCUT2D eigenvalue weighted by molar-refractivity contribution is -0.164. The van der Waals surface area contributed by atoms with Gasteiger partial charge in [-0.15, -0.1) is 0 Å². The van der Waals surface area contributed by atoms with E-state index in [0.717, 1.165) is 12.8 Å². The minimum atomic E-state index is -0.970. The second kappa shape index (κ2) is 9.97. The van der Waals surface area contributed by atoms with Gasteiger partial charge in [-0.1, -0.05) is 45.4 Å². The molecular formula is C12H24O3. The van der Waals surface area contributed by atoms with Crippen LogP contribution >= 0.6 is 0 Å². The zero-order valence-corrected chi connectivity index (χ0v) is 10.00. The maximum absolute atomic E-state index is 11.0. The molecule has 0 saturated carbocycles. The molecule has 3 nitrogen and oxygen atoms in total. The van der Waals surface area contributed by atoms with E-state index >= 15 is 0 Å². The van der Waals surface area contributed by atoms with E-state index in [1.165, 1.54) is 39.0 Å². The molecule has 0 aromatic carbocycles. The van der Waals surface area contributed by atoms with Crippen LogP contribution in [0.4, 0.5) is 0 Å². The predicted molar refractivity (Wildman–Crippen MR) is 60.4 cm³/mol. The van der Waals surface area contributed by atoms with E-state index in [0.29, 0.717) is 6.42 Å². The molecule has 0 aromatic rings. The summed E-state index contributed by atoms with van der Waals surface area (Å²) in [6.07, 6.45) is 7.75. The number of esters is 1. The van der Waals surface area contributed by atoms with E-state index in [9.17, 15) is 4.79 Å². The van der Waals surface area contributed by atoms with Crippen LogP contribution in [0.15, 0.2) is 0 Å². The zero-order chi connectivity index (χ0) is 11.5. The van der Waals surface area contributed by atoms with Gasteiger partial charge in [0.05, 0.1) is 0 Å². The molecule has 0 aliphatic heterocycles. The van der Waals surface area contributed by atoms with Crippen LogP contribution in [0.1, 0.15) is 65.2 Å². The number of ether oxygens (including phenoxy) is 1. The van der Waals surface area contributed by atoms with Gasteiger partial charge in [0.25, 0.3) is 0 Å². The molecule has 15 heavy (non-hydrogen) atoms. The summed E-state index contributed by atoms with van der Waals surface area (Å²) in [5.74, 6) is -0.293. The van der Waals surface area contributed by atoms with Crippen molar-refractivity contribution in [3.05, 3.63) is 0 Å². The average molecular weight is 216 g/mol. The van der Waals surface area contributed by atoms with Gasteiger partial charge < -0.3 is 9.84 Å². The van der Waals surface area contributed by atoms with Crippen molar-refractivity contribution in [1.82, 2.24) is 0 Å². The average Bonchev–Trinajstić information content (AvgIpc) is 2.15. The molecule has 0 bridgehead atoms. The number of aliphatic hydroxyl groups excluding tert-OH is 1. The Morgan fingerprint density at radius 1 is 1.13 bits per heavy atom. The van der Waals surface area contributed by atoms with Crippen LogP contribution in [0.3, 0.4) is 0 Å².